The first-order valence-corrected chi connectivity index (χ1v) is 4.29. The summed E-state index contributed by atoms with van der Waals surface area (Å²) in [6, 6.07) is 4.42. The molecule has 0 aromatic heterocycles. The molecule has 0 atom stereocenters. The van der Waals surface area contributed by atoms with Crippen LogP contribution in [0.2, 0.25) is 0 Å². The Labute approximate surface area is 86.4 Å². The van der Waals surface area contributed by atoms with Crippen molar-refractivity contribution in [2.24, 2.45) is 0 Å². The van der Waals surface area contributed by atoms with Crippen molar-refractivity contribution in [3.8, 4) is 0 Å². The molecular weight excluding hydrogens is 196 g/mol. The van der Waals surface area contributed by atoms with E-state index in [-0.39, 0.29) is 11.4 Å². The van der Waals surface area contributed by atoms with Crippen molar-refractivity contribution in [1.29, 1.82) is 0 Å². The summed E-state index contributed by atoms with van der Waals surface area (Å²) in [7, 11) is 0. The summed E-state index contributed by atoms with van der Waals surface area (Å²) >= 11 is 0. The molecule has 1 rings (SSSR count). The topological polar surface area (TPSA) is 86.2 Å². The molecule has 0 aliphatic carbocycles. The summed E-state index contributed by atoms with van der Waals surface area (Å²) in [5.74, 6) is 0. The third kappa shape index (κ3) is 2.91. The van der Waals surface area contributed by atoms with E-state index in [9.17, 15) is 14.9 Å². The van der Waals surface area contributed by atoms with E-state index >= 15 is 0 Å². The molecule has 0 amide bonds. The first-order chi connectivity index (χ1) is 7.15. The fourth-order valence-corrected chi connectivity index (χ4v) is 1.10. The van der Waals surface area contributed by atoms with Gasteiger partial charge in [0.2, 0.25) is 0 Å². The Morgan fingerprint density at radius 2 is 2.20 bits per heavy atom. The number of nitrogens with two attached hydrogens (primary N) is 1. The molecule has 0 unspecified atom stereocenters. The Bertz CT molecular complexity index is 413. The number of hydrogen-bond donors (Lipinski definition) is 1. The van der Waals surface area contributed by atoms with Crippen LogP contribution in [0.4, 0.5) is 11.4 Å². The number of anilines is 1. The summed E-state index contributed by atoms with van der Waals surface area (Å²) < 4.78 is 0. The summed E-state index contributed by atoms with van der Waals surface area (Å²) in [5.41, 5.74) is 6.23. The lowest BCUT2D eigenvalue weighted by Crippen LogP contribution is -1.95. The van der Waals surface area contributed by atoms with E-state index in [1.165, 1.54) is 12.1 Å². The highest BCUT2D eigenvalue weighted by Crippen LogP contribution is 2.22. The Morgan fingerprint density at radius 3 is 2.73 bits per heavy atom. The number of nitrogens with zero attached hydrogens (tertiary/aromatic N) is 1. The van der Waals surface area contributed by atoms with Crippen LogP contribution in [0.25, 0.3) is 6.08 Å². The maximum absolute atomic E-state index is 10.5. The largest absolute Gasteiger partial charge is 0.393 e. The SMILES string of the molecule is Nc1cc(C=CCC=O)ccc1[N+](=O)[O-]. The predicted octanol–water partition coefficient (Wildman–Crippen LogP) is 1.78. The number of hydrogen-bond acceptors (Lipinski definition) is 4. The Morgan fingerprint density at radius 1 is 1.47 bits per heavy atom. The zero-order valence-corrected chi connectivity index (χ0v) is 7.92. The Balaban J connectivity index is 2.91. The van der Waals surface area contributed by atoms with Crippen molar-refractivity contribution >= 4 is 23.7 Å². The van der Waals surface area contributed by atoms with Crippen molar-refractivity contribution in [1.82, 2.24) is 0 Å². The van der Waals surface area contributed by atoms with Crippen LogP contribution in [-0.2, 0) is 4.79 Å². The second-order valence-electron chi connectivity index (χ2n) is 2.88. The van der Waals surface area contributed by atoms with Crippen LogP contribution in [0, 0.1) is 10.1 Å². The first-order valence-electron chi connectivity index (χ1n) is 4.29. The smallest absolute Gasteiger partial charge is 0.292 e. The maximum atomic E-state index is 10.5. The van der Waals surface area contributed by atoms with Crippen LogP contribution < -0.4 is 5.73 Å². The molecule has 0 radical (unpaired) electrons. The summed E-state index contributed by atoms with van der Waals surface area (Å²) in [5, 5.41) is 10.5. The maximum Gasteiger partial charge on any atom is 0.292 e. The zero-order chi connectivity index (χ0) is 11.3. The Hall–Kier alpha value is -2.17. The number of carbonyl (C=O) groups excluding carboxylic acids is 1. The van der Waals surface area contributed by atoms with Gasteiger partial charge in [0.1, 0.15) is 12.0 Å². The number of carbonyl (C=O) groups is 1. The number of nitrogen functional groups attached to an aromatic ring is 1. The average molecular weight is 206 g/mol. The summed E-state index contributed by atoms with van der Waals surface area (Å²) in [6.45, 7) is 0. The fraction of sp³-hybridized carbons (Fsp3) is 0.100. The number of rotatable bonds is 4. The van der Waals surface area contributed by atoms with Gasteiger partial charge in [0, 0.05) is 12.5 Å². The molecule has 5 nitrogen and oxygen atoms in total. The van der Waals surface area contributed by atoms with Gasteiger partial charge in [0.05, 0.1) is 4.92 Å². The van der Waals surface area contributed by atoms with Gasteiger partial charge < -0.3 is 10.5 Å². The van der Waals surface area contributed by atoms with Crippen LogP contribution in [-0.4, -0.2) is 11.2 Å². The van der Waals surface area contributed by atoms with Gasteiger partial charge in [-0.1, -0.05) is 12.2 Å². The number of aldehydes is 1. The van der Waals surface area contributed by atoms with Gasteiger partial charge >= 0.3 is 0 Å². The van der Waals surface area contributed by atoms with E-state index in [0.29, 0.717) is 6.42 Å². The van der Waals surface area contributed by atoms with Gasteiger partial charge in [-0.25, -0.2) is 0 Å². The van der Waals surface area contributed by atoms with Gasteiger partial charge in [0.25, 0.3) is 5.69 Å². The van der Waals surface area contributed by atoms with E-state index in [0.717, 1.165) is 11.8 Å². The molecule has 0 fully saturated rings. The van der Waals surface area contributed by atoms with Crippen molar-refractivity contribution in [3.05, 3.63) is 40.0 Å². The zero-order valence-electron chi connectivity index (χ0n) is 7.92. The number of benzene rings is 1. The molecule has 0 bridgehead atoms. The number of nitro groups is 1. The standard InChI is InChI=1S/C10H10N2O3/c11-9-7-8(3-1-2-6-13)4-5-10(9)12(14)15/h1,3-7H,2,11H2. The fourth-order valence-electron chi connectivity index (χ4n) is 1.10. The molecule has 0 aliphatic heterocycles. The molecule has 5 heteroatoms. The number of allylic oxidation sites excluding steroid dienone is 1. The molecule has 0 spiro atoms. The quantitative estimate of drug-likeness (QED) is 0.352. The summed E-state index contributed by atoms with van der Waals surface area (Å²) in [4.78, 5) is 20.0. The number of nitro benzene ring substituents is 1. The first kappa shape index (κ1) is 10.9. The van der Waals surface area contributed by atoms with Crippen LogP contribution in [0.1, 0.15) is 12.0 Å². The molecule has 78 valence electrons. The van der Waals surface area contributed by atoms with Gasteiger partial charge in [-0.2, -0.15) is 0 Å². The molecule has 15 heavy (non-hydrogen) atoms. The van der Waals surface area contributed by atoms with Crippen molar-refractivity contribution in [2.45, 2.75) is 6.42 Å². The minimum atomic E-state index is -0.533. The van der Waals surface area contributed by atoms with Gasteiger partial charge in [0.15, 0.2) is 0 Å². The Kier molecular flexibility index (Phi) is 3.56. The van der Waals surface area contributed by atoms with Crippen molar-refractivity contribution < 1.29 is 9.72 Å². The molecule has 1 aromatic carbocycles. The van der Waals surface area contributed by atoms with E-state index in [4.69, 9.17) is 5.73 Å². The lowest BCUT2D eigenvalue weighted by atomic mass is 10.1. The molecule has 0 heterocycles. The highest BCUT2D eigenvalue weighted by atomic mass is 16.6. The third-order valence-electron chi connectivity index (χ3n) is 1.79. The van der Waals surface area contributed by atoms with Gasteiger partial charge in [-0.05, 0) is 17.7 Å². The normalized spacial score (nSPS) is 10.4. The molecule has 0 saturated carbocycles. The average Bonchev–Trinajstić information content (AvgIpc) is 2.17. The van der Waals surface area contributed by atoms with Crippen LogP contribution in [0.3, 0.4) is 0 Å². The van der Waals surface area contributed by atoms with Gasteiger partial charge in [-0.3, -0.25) is 10.1 Å². The molecule has 0 saturated heterocycles. The third-order valence-corrected chi connectivity index (χ3v) is 1.79. The highest BCUT2D eigenvalue weighted by molar-refractivity contribution is 5.66. The second kappa shape index (κ2) is 4.90. The van der Waals surface area contributed by atoms with Crippen LogP contribution >= 0.6 is 0 Å². The predicted molar refractivity (Wildman–Crippen MR) is 57.2 cm³/mol. The molecular formula is C10H10N2O3. The lowest BCUT2D eigenvalue weighted by molar-refractivity contribution is -0.383. The molecule has 2 N–H and O–H groups in total. The van der Waals surface area contributed by atoms with E-state index < -0.39 is 4.92 Å². The molecule has 0 aliphatic rings. The molecule has 1 aromatic rings. The minimum absolute atomic E-state index is 0.109. The van der Waals surface area contributed by atoms with Crippen molar-refractivity contribution in [2.75, 3.05) is 5.73 Å². The van der Waals surface area contributed by atoms with E-state index in [1.807, 2.05) is 0 Å². The monoisotopic (exact) mass is 206 g/mol. The van der Waals surface area contributed by atoms with Crippen LogP contribution in [0.15, 0.2) is 24.3 Å². The summed E-state index contributed by atoms with van der Waals surface area (Å²) in [6.07, 6.45) is 4.43. The van der Waals surface area contributed by atoms with E-state index in [2.05, 4.69) is 0 Å². The minimum Gasteiger partial charge on any atom is -0.393 e. The second-order valence-corrected chi connectivity index (χ2v) is 2.88. The van der Waals surface area contributed by atoms with Gasteiger partial charge in [-0.15, -0.1) is 0 Å². The van der Waals surface area contributed by atoms with E-state index in [1.54, 1.807) is 18.2 Å². The highest BCUT2D eigenvalue weighted by Gasteiger charge is 2.09. The van der Waals surface area contributed by atoms with Crippen molar-refractivity contribution in [3.63, 3.8) is 0 Å². The lowest BCUT2D eigenvalue weighted by Gasteiger charge is -1.98. The van der Waals surface area contributed by atoms with Crippen LogP contribution in [0.5, 0.6) is 0 Å².